The average Bonchev–Trinajstić information content (AvgIpc) is 2.80. The molecule has 0 radical (unpaired) electrons. The second-order valence-corrected chi connectivity index (χ2v) is 5.08. The molecule has 0 saturated carbocycles. The first kappa shape index (κ1) is 12.4. The van der Waals surface area contributed by atoms with Crippen LogP contribution in [0.3, 0.4) is 0 Å². The van der Waals surface area contributed by atoms with Crippen LogP contribution < -0.4 is 10.6 Å². The highest BCUT2D eigenvalue weighted by atomic mass is 35.5. The van der Waals surface area contributed by atoms with Gasteiger partial charge in [-0.2, -0.15) is 0 Å². The van der Waals surface area contributed by atoms with Crippen molar-refractivity contribution in [3.8, 4) is 0 Å². The standard InChI is InChI=1S/C14H15ClN4/c15-11-7-17-14(18-8-11)19-9-10(5-6-16)12-3-1-2-4-13(12)19/h1-4,7-8,10H,5-6,9,16H2. The van der Waals surface area contributed by atoms with Gasteiger partial charge in [0, 0.05) is 18.2 Å². The number of halogens is 1. The zero-order chi connectivity index (χ0) is 13.2. The fourth-order valence-corrected chi connectivity index (χ4v) is 2.68. The summed E-state index contributed by atoms with van der Waals surface area (Å²) in [7, 11) is 0. The van der Waals surface area contributed by atoms with Crippen molar-refractivity contribution in [3.05, 3.63) is 47.2 Å². The average molecular weight is 275 g/mol. The van der Waals surface area contributed by atoms with Crippen molar-refractivity contribution in [2.75, 3.05) is 18.0 Å². The van der Waals surface area contributed by atoms with Crippen LogP contribution in [0.25, 0.3) is 0 Å². The van der Waals surface area contributed by atoms with Crippen LogP contribution in [0, 0.1) is 0 Å². The minimum atomic E-state index is 0.445. The van der Waals surface area contributed by atoms with Gasteiger partial charge in [-0.05, 0) is 24.6 Å². The summed E-state index contributed by atoms with van der Waals surface area (Å²) in [5.41, 5.74) is 8.20. The first-order chi connectivity index (χ1) is 9.29. The number of rotatable bonds is 3. The Morgan fingerprint density at radius 3 is 2.74 bits per heavy atom. The summed E-state index contributed by atoms with van der Waals surface area (Å²) in [6, 6.07) is 8.36. The summed E-state index contributed by atoms with van der Waals surface area (Å²) in [5, 5.41) is 0.551. The third-order valence-corrected chi connectivity index (χ3v) is 3.63. The van der Waals surface area contributed by atoms with E-state index in [1.165, 1.54) is 11.3 Å². The minimum absolute atomic E-state index is 0.445. The molecule has 1 aromatic heterocycles. The molecule has 1 atom stereocenters. The van der Waals surface area contributed by atoms with E-state index in [1.807, 2.05) is 6.07 Å². The van der Waals surface area contributed by atoms with Gasteiger partial charge in [-0.3, -0.25) is 0 Å². The number of hydrogen-bond acceptors (Lipinski definition) is 4. The Kier molecular flexibility index (Phi) is 3.36. The summed E-state index contributed by atoms with van der Waals surface area (Å²) in [4.78, 5) is 10.7. The number of para-hydroxylation sites is 1. The lowest BCUT2D eigenvalue weighted by Crippen LogP contribution is -2.19. The topological polar surface area (TPSA) is 55.0 Å². The maximum Gasteiger partial charge on any atom is 0.229 e. The number of hydrogen-bond donors (Lipinski definition) is 1. The van der Waals surface area contributed by atoms with E-state index in [2.05, 4.69) is 33.1 Å². The van der Waals surface area contributed by atoms with Crippen molar-refractivity contribution < 1.29 is 0 Å². The van der Waals surface area contributed by atoms with Gasteiger partial charge in [-0.25, -0.2) is 9.97 Å². The second kappa shape index (κ2) is 5.15. The first-order valence-electron chi connectivity index (χ1n) is 6.33. The maximum atomic E-state index is 5.84. The van der Waals surface area contributed by atoms with Gasteiger partial charge < -0.3 is 10.6 Å². The van der Waals surface area contributed by atoms with Gasteiger partial charge in [0.15, 0.2) is 0 Å². The third kappa shape index (κ3) is 2.29. The van der Waals surface area contributed by atoms with Crippen LogP contribution in [0.5, 0.6) is 0 Å². The van der Waals surface area contributed by atoms with Gasteiger partial charge in [-0.15, -0.1) is 0 Å². The largest absolute Gasteiger partial charge is 0.330 e. The molecular formula is C14H15ClN4. The normalized spacial score (nSPS) is 17.6. The molecular weight excluding hydrogens is 260 g/mol. The molecule has 3 rings (SSSR count). The van der Waals surface area contributed by atoms with Gasteiger partial charge in [0.2, 0.25) is 5.95 Å². The van der Waals surface area contributed by atoms with E-state index in [9.17, 15) is 0 Å². The molecule has 1 unspecified atom stereocenters. The Morgan fingerprint density at radius 1 is 1.26 bits per heavy atom. The predicted octanol–water partition coefficient (Wildman–Crippen LogP) is 2.71. The monoisotopic (exact) mass is 274 g/mol. The molecule has 1 aliphatic rings. The first-order valence-corrected chi connectivity index (χ1v) is 6.71. The third-order valence-electron chi connectivity index (χ3n) is 3.43. The Morgan fingerprint density at radius 2 is 2.00 bits per heavy atom. The molecule has 0 aliphatic carbocycles. The molecule has 0 bridgehead atoms. The number of anilines is 2. The molecule has 98 valence electrons. The summed E-state index contributed by atoms with van der Waals surface area (Å²) in [6.45, 7) is 1.56. The van der Waals surface area contributed by atoms with Crippen molar-refractivity contribution in [2.24, 2.45) is 5.73 Å². The SMILES string of the molecule is NCCC1CN(c2ncc(Cl)cn2)c2ccccc21. The van der Waals surface area contributed by atoms with E-state index in [4.69, 9.17) is 17.3 Å². The zero-order valence-electron chi connectivity index (χ0n) is 10.5. The van der Waals surface area contributed by atoms with E-state index in [0.717, 1.165) is 13.0 Å². The van der Waals surface area contributed by atoms with Crippen molar-refractivity contribution >= 4 is 23.2 Å². The Hall–Kier alpha value is -1.65. The quantitative estimate of drug-likeness (QED) is 0.935. The lowest BCUT2D eigenvalue weighted by atomic mass is 9.98. The van der Waals surface area contributed by atoms with Gasteiger partial charge in [-0.1, -0.05) is 29.8 Å². The highest BCUT2D eigenvalue weighted by Crippen LogP contribution is 2.40. The minimum Gasteiger partial charge on any atom is -0.330 e. The molecule has 1 aromatic carbocycles. The summed E-state index contributed by atoms with van der Waals surface area (Å²) in [5.74, 6) is 1.14. The lowest BCUT2D eigenvalue weighted by Gasteiger charge is -2.17. The van der Waals surface area contributed by atoms with E-state index in [-0.39, 0.29) is 0 Å². The number of nitrogens with zero attached hydrogens (tertiary/aromatic N) is 3. The van der Waals surface area contributed by atoms with Gasteiger partial charge in [0.05, 0.1) is 17.4 Å². The second-order valence-electron chi connectivity index (χ2n) is 4.64. The predicted molar refractivity (Wildman–Crippen MR) is 76.9 cm³/mol. The van der Waals surface area contributed by atoms with Crippen LogP contribution in [0.1, 0.15) is 17.9 Å². The van der Waals surface area contributed by atoms with Gasteiger partial charge in [0.1, 0.15) is 0 Å². The maximum absolute atomic E-state index is 5.84. The van der Waals surface area contributed by atoms with Gasteiger partial charge in [0.25, 0.3) is 0 Å². The fourth-order valence-electron chi connectivity index (χ4n) is 2.58. The van der Waals surface area contributed by atoms with Crippen LogP contribution in [0.15, 0.2) is 36.7 Å². The van der Waals surface area contributed by atoms with Crippen molar-refractivity contribution in [3.63, 3.8) is 0 Å². The lowest BCUT2D eigenvalue weighted by molar-refractivity contribution is 0.665. The van der Waals surface area contributed by atoms with Crippen LogP contribution >= 0.6 is 11.6 Å². The van der Waals surface area contributed by atoms with Crippen LogP contribution in [0.2, 0.25) is 5.02 Å². The van der Waals surface area contributed by atoms with E-state index < -0.39 is 0 Å². The van der Waals surface area contributed by atoms with E-state index in [0.29, 0.717) is 23.4 Å². The molecule has 2 aromatic rings. The molecule has 0 amide bonds. The van der Waals surface area contributed by atoms with Crippen LogP contribution in [-0.4, -0.2) is 23.1 Å². The number of fused-ring (bicyclic) bond motifs is 1. The van der Waals surface area contributed by atoms with Crippen molar-refractivity contribution in [2.45, 2.75) is 12.3 Å². The van der Waals surface area contributed by atoms with Crippen LogP contribution in [0.4, 0.5) is 11.6 Å². The molecule has 2 heterocycles. The van der Waals surface area contributed by atoms with Crippen molar-refractivity contribution in [1.29, 1.82) is 0 Å². The molecule has 2 N–H and O–H groups in total. The highest BCUT2D eigenvalue weighted by molar-refractivity contribution is 6.30. The van der Waals surface area contributed by atoms with Gasteiger partial charge >= 0.3 is 0 Å². The molecule has 4 nitrogen and oxygen atoms in total. The van der Waals surface area contributed by atoms with Crippen molar-refractivity contribution in [1.82, 2.24) is 9.97 Å². The molecule has 1 aliphatic heterocycles. The van der Waals surface area contributed by atoms with E-state index >= 15 is 0 Å². The zero-order valence-corrected chi connectivity index (χ0v) is 11.2. The molecule has 19 heavy (non-hydrogen) atoms. The van der Waals surface area contributed by atoms with Crippen LogP contribution in [-0.2, 0) is 0 Å². The smallest absolute Gasteiger partial charge is 0.229 e. The fraction of sp³-hybridized carbons (Fsp3) is 0.286. The number of nitrogens with two attached hydrogens (primary N) is 1. The highest BCUT2D eigenvalue weighted by Gasteiger charge is 2.29. The molecule has 0 fully saturated rings. The Bertz CT molecular complexity index is 570. The summed E-state index contributed by atoms with van der Waals surface area (Å²) in [6.07, 6.45) is 4.23. The Balaban J connectivity index is 1.98. The number of aromatic nitrogens is 2. The Labute approximate surface area is 117 Å². The van der Waals surface area contributed by atoms with E-state index in [1.54, 1.807) is 12.4 Å². The summed E-state index contributed by atoms with van der Waals surface area (Å²) < 4.78 is 0. The molecule has 0 spiro atoms. The summed E-state index contributed by atoms with van der Waals surface area (Å²) >= 11 is 5.84. The molecule has 0 saturated heterocycles. The number of benzene rings is 1. The molecule has 5 heteroatoms.